The summed E-state index contributed by atoms with van der Waals surface area (Å²) in [6, 6.07) is 1.43. The third-order valence-corrected chi connectivity index (χ3v) is 3.97. The highest BCUT2D eigenvalue weighted by molar-refractivity contribution is 6.32. The number of rotatable bonds is 8. The second-order valence-corrected chi connectivity index (χ2v) is 6.03. The Morgan fingerprint density at radius 3 is 2.14 bits per heavy atom. The fourth-order valence-electron chi connectivity index (χ4n) is 1.56. The van der Waals surface area contributed by atoms with E-state index in [0.717, 1.165) is 6.54 Å². The van der Waals surface area contributed by atoms with E-state index in [1.54, 1.807) is 0 Å². The van der Waals surface area contributed by atoms with Crippen LogP contribution in [0.1, 0.15) is 19.8 Å². The van der Waals surface area contributed by atoms with Crippen molar-refractivity contribution in [3.8, 4) is 0 Å². The molecule has 0 bridgehead atoms. The molecular weight excluding hydrogens is 190 g/mol. The summed E-state index contributed by atoms with van der Waals surface area (Å²) < 4.78 is 0. The average molecular weight is 217 g/mol. The molecule has 3 nitrogen and oxygen atoms in total. The van der Waals surface area contributed by atoms with Crippen LogP contribution in [0.15, 0.2) is 0 Å². The number of likely N-dealkylation sites (N-methyl/N-ethyl adjacent to an activating group) is 2. The van der Waals surface area contributed by atoms with Crippen LogP contribution in [0.25, 0.3) is 0 Å². The van der Waals surface area contributed by atoms with Crippen molar-refractivity contribution >= 4 is 9.68 Å². The SMILES string of the molecule is CCCC[SiH2]NCC(N(C)C)N(C)C. The van der Waals surface area contributed by atoms with E-state index in [2.05, 4.69) is 49.9 Å². The lowest BCUT2D eigenvalue weighted by atomic mass is 10.4. The molecule has 0 radical (unpaired) electrons. The predicted octanol–water partition coefficient (Wildman–Crippen LogP) is 0.328. The molecule has 0 aromatic rings. The van der Waals surface area contributed by atoms with E-state index in [0.29, 0.717) is 6.17 Å². The third-order valence-electron chi connectivity index (χ3n) is 2.48. The van der Waals surface area contributed by atoms with Crippen molar-refractivity contribution < 1.29 is 0 Å². The molecule has 0 saturated heterocycles. The summed E-state index contributed by atoms with van der Waals surface area (Å²) >= 11 is 0. The summed E-state index contributed by atoms with van der Waals surface area (Å²) in [6.45, 7) is 3.37. The van der Waals surface area contributed by atoms with Crippen LogP contribution in [0.4, 0.5) is 0 Å². The van der Waals surface area contributed by atoms with Crippen molar-refractivity contribution in [1.29, 1.82) is 0 Å². The lowest BCUT2D eigenvalue weighted by molar-refractivity contribution is 0.133. The molecule has 0 heterocycles. The van der Waals surface area contributed by atoms with Crippen LogP contribution in [-0.2, 0) is 0 Å². The highest BCUT2D eigenvalue weighted by Crippen LogP contribution is 1.96. The van der Waals surface area contributed by atoms with Gasteiger partial charge in [0.25, 0.3) is 0 Å². The number of nitrogens with zero attached hydrogens (tertiary/aromatic N) is 2. The lowest BCUT2D eigenvalue weighted by Crippen LogP contribution is -2.48. The zero-order valence-corrected chi connectivity index (χ0v) is 11.9. The molecule has 14 heavy (non-hydrogen) atoms. The van der Waals surface area contributed by atoms with Crippen LogP contribution < -0.4 is 4.98 Å². The normalized spacial score (nSPS) is 12.9. The molecule has 1 N–H and O–H groups in total. The maximum Gasteiger partial charge on any atom is 0.0917 e. The highest BCUT2D eigenvalue weighted by Gasteiger charge is 2.11. The Hall–Kier alpha value is 0.0969. The van der Waals surface area contributed by atoms with Gasteiger partial charge in [-0.1, -0.05) is 19.8 Å². The molecule has 0 fully saturated rings. The fourth-order valence-corrected chi connectivity index (χ4v) is 3.02. The van der Waals surface area contributed by atoms with Crippen LogP contribution in [0.5, 0.6) is 0 Å². The van der Waals surface area contributed by atoms with Gasteiger partial charge in [0.1, 0.15) is 0 Å². The first-order valence-electron chi connectivity index (χ1n) is 5.63. The number of hydrogen-bond donors (Lipinski definition) is 1. The topological polar surface area (TPSA) is 18.5 Å². The van der Waals surface area contributed by atoms with Gasteiger partial charge in [-0.15, -0.1) is 0 Å². The maximum absolute atomic E-state index is 3.64. The Morgan fingerprint density at radius 2 is 1.71 bits per heavy atom. The zero-order valence-electron chi connectivity index (χ0n) is 10.5. The van der Waals surface area contributed by atoms with Crippen LogP contribution >= 0.6 is 0 Å². The Morgan fingerprint density at radius 1 is 1.14 bits per heavy atom. The van der Waals surface area contributed by atoms with E-state index in [1.807, 2.05) is 0 Å². The molecule has 0 atom stereocenters. The first kappa shape index (κ1) is 14.1. The van der Waals surface area contributed by atoms with Gasteiger partial charge in [-0.25, -0.2) is 0 Å². The molecule has 0 aromatic heterocycles. The second-order valence-electron chi connectivity index (χ2n) is 4.32. The van der Waals surface area contributed by atoms with Crippen molar-refractivity contribution in [2.45, 2.75) is 32.0 Å². The van der Waals surface area contributed by atoms with E-state index in [1.165, 1.54) is 18.9 Å². The Bertz CT molecular complexity index is 121. The minimum atomic E-state index is -0.00977. The molecule has 0 unspecified atom stereocenters. The van der Waals surface area contributed by atoms with Gasteiger partial charge in [0.15, 0.2) is 0 Å². The third kappa shape index (κ3) is 6.54. The minimum absolute atomic E-state index is 0.00977. The second kappa shape index (κ2) is 8.41. The fraction of sp³-hybridized carbons (Fsp3) is 1.00. The molecule has 86 valence electrons. The Labute approximate surface area is 91.7 Å². The molecule has 0 aromatic carbocycles. The van der Waals surface area contributed by atoms with Crippen LogP contribution in [-0.4, -0.2) is 60.4 Å². The quantitative estimate of drug-likeness (QED) is 0.359. The predicted molar refractivity (Wildman–Crippen MR) is 67.4 cm³/mol. The van der Waals surface area contributed by atoms with Crippen molar-refractivity contribution in [2.75, 3.05) is 34.7 Å². The van der Waals surface area contributed by atoms with Gasteiger partial charge < -0.3 is 4.98 Å². The van der Waals surface area contributed by atoms with E-state index >= 15 is 0 Å². The van der Waals surface area contributed by atoms with Gasteiger partial charge in [0, 0.05) is 6.54 Å². The Kier molecular flexibility index (Phi) is 8.47. The van der Waals surface area contributed by atoms with Crippen molar-refractivity contribution in [2.24, 2.45) is 0 Å². The van der Waals surface area contributed by atoms with Crippen LogP contribution in [0.3, 0.4) is 0 Å². The van der Waals surface area contributed by atoms with E-state index in [4.69, 9.17) is 0 Å². The number of hydrogen-bond acceptors (Lipinski definition) is 3. The first-order valence-corrected chi connectivity index (χ1v) is 7.33. The number of unbranched alkanes of at least 4 members (excludes halogenated alkanes) is 1. The minimum Gasteiger partial charge on any atom is -0.340 e. The standard InChI is InChI=1S/C10H27N3Si/c1-6-7-8-14-11-9-10(12(2)3)13(4)5/h10-11H,6-9,14H2,1-5H3. The molecular formula is C10H27N3Si. The molecule has 0 aliphatic carbocycles. The summed E-state index contributed by atoms with van der Waals surface area (Å²) in [7, 11) is 8.55. The monoisotopic (exact) mass is 217 g/mol. The largest absolute Gasteiger partial charge is 0.340 e. The highest BCUT2D eigenvalue weighted by atomic mass is 28.2. The summed E-state index contributed by atoms with van der Waals surface area (Å²) in [6.07, 6.45) is 3.26. The van der Waals surface area contributed by atoms with Gasteiger partial charge >= 0.3 is 0 Å². The number of nitrogens with one attached hydrogen (secondary N) is 1. The molecule has 4 heteroatoms. The summed E-state index contributed by atoms with van der Waals surface area (Å²) in [4.78, 5) is 8.17. The van der Waals surface area contributed by atoms with Crippen LogP contribution in [0, 0.1) is 0 Å². The van der Waals surface area contributed by atoms with Gasteiger partial charge in [0.2, 0.25) is 0 Å². The van der Waals surface area contributed by atoms with Crippen molar-refractivity contribution in [3.63, 3.8) is 0 Å². The van der Waals surface area contributed by atoms with Gasteiger partial charge in [-0.3, -0.25) is 9.80 Å². The summed E-state index contributed by atoms with van der Waals surface area (Å²) in [5, 5.41) is 0. The first-order chi connectivity index (χ1) is 6.59. The van der Waals surface area contributed by atoms with Gasteiger partial charge in [-0.2, -0.15) is 0 Å². The van der Waals surface area contributed by atoms with E-state index < -0.39 is 0 Å². The average Bonchev–Trinajstić information content (AvgIpc) is 2.09. The lowest BCUT2D eigenvalue weighted by Gasteiger charge is -2.30. The van der Waals surface area contributed by atoms with Crippen molar-refractivity contribution in [3.05, 3.63) is 0 Å². The molecule has 0 saturated carbocycles. The molecule has 0 aliphatic heterocycles. The zero-order chi connectivity index (χ0) is 11.0. The summed E-state index contributed by atoms with van der Waals surface area (Å²) in [5.41, 5.74) is 0. The Balaban J connectivity index is 3.52. The van der Waals surface area contributed by atoms with E-state index in [-0.39, 0.29) is 9.68 Å². The van der Waals surface area contributed by atoms with E-state index in [9.17, 15) is 0 Å². The van der Waals surface area contributed by atoms with Gasteiger partial charge in [0.05, 0.1) is 15.8 Å². The molecule has 0 amide bonds. The summed E-state index contributed by atoms with van der Waals surface area (Å²) in [5.74, 6) is 0. The maximum atomic E-state index is 3.64. The molecule has 0 aliphatic rings. The van der Waals surface area contributed by atoms with Crippen LogP contribution in [0.2, 0.25) is 6.04 Å². The molecule has 0 rings (SSSR count). The van der Waals surface area contributed by atoms with Crippen molar-refractivity contribution in [1.82, 2.24) is 14.8 Å². The molecule has 0 spiro atoms. The smallest absolute Gasteiger partial charge is 0.0917 e. The van der Waals surface area contributed by atoms with Gasteiger partial charge in [-0.05, 0) is 34.2 Å².